The lowest BCUT2D eigenvalue weighted by Crippen LogP contribution is -2.52. The highest BCUT2D eigenvalue weighted by molar-refractivity contribution is 7.92. The molecule has 7 nitrogen and oxygen atoms in total. The first-order valence-electron chi connectivity index (χ1n) is 11.4. The van der Waals surface area contributed by atoms with Gasteiger partial charge in [0.15, 0.2) is 0 Å². The summed E-state index contributed by atoms with van der Waals surface area (Å²) in [5, 5.41) is 1.27. The van der Waals surface area contributed by atoms with Crippen LogP contribution >= 0.6 is 0 Å². The van der Waals surface area contributed by atoms with Crippen molar-refractivity contribution in [1.29, 1.82) is 0 Å². The van der Waals surface area contributed by atoms with E-state index >= 15 is 0 Å². The van der Waals surface area contributed by atoms with Gasteiger partial charge in [0, 0.05) is 50.6 Å². The average Bonchev–Trinajstić information content (AvgIpc) is 2.88. The Morgan fingerprint density at radius 3 is 2.21 bits per heavy atom. The van der Waals surface area contributed by atoms with Gasteiger partial charge >= 0.3 is 0 Å². The summed E-state index contributed by atoms with van der Waals surface area (Å²) in [6.45, 7) is 3.58. The van der Waals surface area contributed by atoms with Crippen molar-refractivity contribution in [2.24, 2.45) is 5.92 Å². The molecule has 0 bridgehead atoms. The molecule has 0 atom stereocenters. The number of para-hydroxylation sites is 2. The molecule has 0 radical (unpaired) electrons. The molecule has 0 saturated carbocycles. The highest BCUT2D eigenvalue weighted by Gasteiger charge is 2.33. The van der Waals surface area contributed by atoms with Gasteiger partial charge in [-0.3, -0.25) is 4.79 Å². The monoisotopic (exact) mass is 469 g/mol. The third kappa shape index (κ3) is 5.57. The number of hydrogen-bond acceptors (Lipinski definition) is 5. The van der Waals surface area contributed by atoms with E-state index in [0.29, 0.717) is 39.0 Å². The zero-order valence-corrected chi connectivity index (χ0v) is 19.8. The minimum absolute atomic E-state index is 0.118. The van der Waals surface area contributed by atoms with Crippen LogP contribution in [0, 0.1) is 5.92 Å². The number of hydrogen-bond donors (Lipinski definition) is 0. The van der Waals surface area contributed by atoms with Gasteiger partial charge < -0.3 is 14.5 Å². The van der Waals surface area contributed by atoms with Crippen molar-refractivity contribution in [3.63, 3.8) is 0 Å². The van der Waals surface area contributed by atoms with Crippen molar-refractivity contribution in [1.82, 2.24) is 9.21 Å². The number of rotatable bonds is 6. The van der Waals surface area contributed by atoms with E-state index in [1.54, 1.807) is 13.2 Å². The first-order valence-corrected chi connectivity index (χ1v) is 12.9. The van der Waals surface area contributed by atoms with Gasteiger partial charge in [0.1, 0.15) is 5.75 Å². The maximum Gasteiger partial charge on any atom is 0.236 e. The van der Waals surface area contributed by atoms with Crippen LogP contribution in [0.15, 0.2) is 60.0 Å². The quantitative estimate of drug-likeness (QED) is 0.650. The predicted octanol–water partition coefficient (Wildman–Crippen LogP) is 3.06. The van der Waals surface area contributed by atoms with Crippen LogP contribution in [0.1, 0.15) is 18.4 Å². The van der Waals surface area contributed by atoms with E-state index in [4.69, 9.17) is 4.74 Å². The molecular weight excluding hydrogens is 438 g/mol. The van der Waals surface area contributed by atoms with Crippen molar-refractivity contribution in [2.45, 2.75) is 12.8 Å². The van der Waals surface area contributed by atoms with E-state index in [2.05, 4.69) is 4.90 Å². The number of benzene rings is 2. The van der Waals surface area contributed by atoms with Gasteiger partial charge in [0.2, 0.25) is 15.9 Å². The Labute approximate surface area is 196 Å². The zero-order chi connectivity index (χ0) is 23.3. The van der Waals surface area contributed by atoms with Gasteiger partial charge in [-0.15, -0.1) is 0 Å². The summed E-state index contributed by atoms with van der Waals surface area (Å²) in [4.78, 5) is 17.3. The van der Waals surface area contributed by atoms with E-state index in [9.17, 15) is 13.2 Å². The molecule has 1 amide bonds. The molecule has 2 saturated heterocycles. The highest BCUT2D eigenvalue weighted by Crippen LogP contribution is 2.29. The maximum absolute atomic E-state index is 13.1. The largest absolute Gasteiger partial charge is 0.495 e. The first kappa shape index (κ1) is 23.3. The Bertz CT molecular complexity index is 1070. The van der Waals surface area contributed by atoms with Crippen LogP contribution in [-0.2, 0) is 14.8 Å². The average molecular weight is 470 g/mol. The molecule has 0 N–H and O–H groups in total. The lowest BCUT2D eigenvalue weighted by atomic mass is 9.96. The van der Waals surface area contributed by atoms with Crippen LogP contribution in [0.25, 0.3) is 6.08 Å². The number of ether oxygens (including phenoxy) is 1. The smallest absolute Gasteiger partial charge is 0.236 e. The van der Waals surface area contributed by atoms with Crippen molar-refractivity contribution < 1.29 is 17.9 Å². The Morgan fingerprint density at radius 2 is 1.55 bits per heavy atom. The standard InChI is InChI=1S/C25H31N3O4S/c1-32-24-10-6-5-9-23(24)26-16-18-27(19-17-26)25(29)22-11-14-28(15-12-22)33(30,31)20-13-21-7-3-2-4-8-21/h2-10,13,20,22H,11-12,14-19H2,1H3/b20-13+. The fourth-order valence-electron chi connectivity index (χ4n) is 4.49. The van der Waals surface area contributed by atoms with Gasteiger partial charge in [-0.1, -0.05) is 42.5 Å². The summed E-state index contributed by atoms with van der Waals surface area (Å²) in [5.41, 5.74) is 1.90. The molecule has 8 heteroatoms. The third-order valence-corrected chi connectivity index (χ3v) is 7.98. The minimum Gasteiger partial charge on any atom is -0.495 e. The van der Waals surface area contributed by atoms with Crippen LogP contribution in [0.3, 0.4) is 0 Å². The molecule has 2 aromatic carbocycles. The normalized spacial score (nSPS) is 18.6. The summed E-state index contributed by atoms with van der Waals surface area (Å²) in [6.07, 6.45) is 2.74. The molecule has 0 aromatic heterocycles. The van der Waals surface area contributed by atoms with Gasteiger partial charge in [-0.2, -0.15) is 4.31 Å². The number of carbonyl (C=O) groups is 1. The molecule has 0 unspecified atom stereocenters. The minimum atomic E-state index is -3.49. The fraction of sp³-hybridized carbons (Fsp3) is 0.400. The molecule has 2 aliphatic rings. The van der Waals surface area contributed by atoms with Crippen LogP contribution < -0.4 is 9.64 Å². The van der Waals surface area contributed by atoms with E-state index in [-0.39, 0.29) is 11.8 Å². The molecule has 33 heavy (non-hydrogen) atoms. The van der Waals surface area contributed by atoms with Gasteiger partial charge in [-0.25, -0.2) is 8.42 Å². The van der Waals surface area contributed by atoms with Crippen LogP contribution in [0.5, 0.6) is 5.75 Å². The van der Waals surface area contributed by atoms with Crippen molar-refractivity contribution >= 4 is 27.7 Å². The summed E-state index contributed by atoms with van der Waals surface area (Å²) in [7, 11) is -1.82. The topological polar surface area (TPSA) is 70.2 Å². The van der Waals surface area contributed by atoms with Crippen molar-refractivity contribution in [3.05, 3.63) is 65.6 Å². The van der Waals surface area contributed by atoms with Crippen LogP contribution in [-0.4, -0.2) is 69.9 Å². The van der Waals surface area contributed by atoms with E-state index in [1.807, 2.05) is 59.5 Å². The van der Waals surface area contributed by atoms with E-state index < -0.39 is 10.0 Å². The lowest BCUT2D eigenvalue weighted by Gasteiger charge is -2.39. The van der Waals surface area contributed by atoms with Gasteiger partial charge in [0.25, 0.3) is 0 Å². The number of carbonyl (C=O) groups excluding carboxylic acids is 1. The van der Waals surface area contributed by atoms with Crippen molar-refractivity contribution in [2.75, 3.05) is 51.3 Å². The summed E-state index contributed by atoms with van der Waals surface area (Å²) in [6, 6.07) is 17.3. The SMILES string of the molecule is COc1ccccc1N1CCN(C(=O)C2CCN(S(=O)(=O)/C=C/c3ccccc3)CC2)CC1. The Hall–Kier alpha value is -2.84. The Kier molecular flexibility index (Phi) is 7.35. The van der Waals surface area contributed by atoms with Gasteiger partial charge in [0.05, 0.1) is 12.8 Å². The number of amides is 1. The second-order valence-corrected chi connectivity index (χ2v) is 10.2. The zero-order valence-electron chi connectivity index (χ0n) is 19.0. The maximum atomic E-state index is 13.1. The van der Waals surface area contributed by atoms with Gasteiger partial charge in [-0.05, 0) is 36.6 Å². The van der Waals surface area contributed by atoms with Crippen molar-refractivity contribution in [3.8, 4) is 5.75 Å². The summed E-state index contributed by atoms with van der Waals surface area (Å²) in [5.74, 6) is 0.867. The number of nitrogens with zero attached hydrogens (tertiary/aromatic N) is 3. The number of piperazine rings is 1. The molecular formula is C25H31N3O4S. The molecule has 2 aliphatic heterocycles. The Morgan fingerprint density at radius 1 is 0.909 bits per heavy atom. The van der Waals surface area contributed by atoms with E-state index in [1.165, 1.54) is 9.71 Å². The molecule has 4 rings (SSSR count). The molecule has 2 heterocycles. The van der Waals surface area contributed by atoms with Crippen LogP contribution in [0.4, 0.5) is 5.69 Å². The predicted molar refractivity (Wildman–Crippen MR) is 130 cm³/mol. The second kappa shape index (κ2) is 10.4. The Balaban J connectivity index is 1.29. The number of methoxy groups -OCH3 is 1. The second-order valence-electron chi connectivity index (χ2n) is 8.42. The number of anilines is 1. The number of piperidine rings is 1. The first-order chi connectivity index (χ1) is 16.0. The molecule has 0 spiro atoms. The lowest BCUT2D eigenvalue weighted by molar-refractivity contribution is -0.137. The molecule has 2 fully saturated rings. The van der Waals surface area contributed by atoms with Crippen LogP contribution in [0.2, 0.25) is 0 Å². The van der Waals surface area contributed by atoms with E-state index in [0.717, 1.165) is 30.1 Å². The molecule has 0 aliphatic carbocycles. The fourth-order valence-corrected chi connectivity index (χ4v) is 5.71. The summed E-state index contributed by atoms with van der Waals surface area (Å²) < 4.78 is 32.3. The summed E-state index contributed by atoms with van der Waals surface area (Å²) >= 11 is 0. The number of sulfonamides is 1. The third-order valence-electron chi connectivity index (χ3n) is 6.41. The molecule has 176 valence electrons. The molecule has 2 aromatic rings. The highest BCUT2D eigenvalue weighted by atomic mass is 32.2.